The minimum absolute atomic E-state index is 0.282. The monoisotopic (exact) mass is 448 g/mol. The number of aromatic nitrogens is 2. The van der Waals surface area contributed by atoms with Crippen LogP contribution in [-0.4, -0.2) is 40.0 Å². The lowest BCUT2D eigenvalue weighted by atomic mass is 9.86. The number of nitrogens with one attached hydrogen (secondary N) is 1. The van der Waals surface area contributed by atoms with Crippen molar-refractivity contribution in [1.82, 2.24) is 10.2 Å². The third-order valence-corrected chi connectivity index (χ3v) is 5.02. The van der Waals surface area contributed by atoms with Gasteiger partial charge in [-0.1, -0.05) is 11.6 Å². The van der Waals surface area contributed by atoms with Gasteiger partial charge >= 0.3 is 12.1 Å². The van der Waals surface area contributed by atoms with E-state index in [9.17, 15) is 13.2 Å². The van der Waals surface area contributed by atoms with Gasteiger partial charge in [-0.2, -0.15) is 13.2 Å². The van der Waals surface area contributed by atoms with E-state index in [1.165, 1.54) is 0 Å². The molecule has 0 radical (unpaired) electrons. The maximum Gasteiger partial charge on any atom is 0.490 e. The number of carboxylic acids is 1. The standard InChI is InChI=1S/C16H19ClN4O2.C2HF3O2/c17-10-3-6-13-12(7-10)19-8-14(22-13)16-21-20-15(23-16)9-1-4-11(18)5-2-9;3-2(4,5)1(6)7/h3,6-7,9,11,14,19H,1-2,4-5,8,18H2;(H,6,7)/t9-,11-,14?;. The highest BCUT2D eigenvalue weighted by molar-refractivity contribution is 6.30. The SMILES string of the molecule is N[C@H]1CC[C@H](c2nnc(C3CNc4cc(Cl)ccc4O3)o2)CC1.O=C(O)C(F)(F)F. The quantitative estimate of drug-likeness (QED) is 0.632. The summed E-state index contributed by atoms with van der Waals surface area (Å²) < 4.78 is 43.6. The largest absolute Gasteiger partial charge is 0.490 e. The Morgan fingerprint density at radius 2 is 1.83 bits per heavy atom. The normalized spacial score (nSPS) is 23.3. The van der Waals surface area contributed by atoms with Gasteiger partial charge in [-0.15, -0.1) is 10.2 Å². The first kappa shape index (κ1) is 22.2. The van der Waals surface area contributed by atoms with Crippen molar-refractivity contribution >= 4 is 23.3 Å². The van der Waals surface area contributed by atoms with Crippen LogP contribution in [0, 0.1) is 0 Å². The molecule has 1 aromatic heterocycles. The van der Waals surface area contributed by atoms with Crippen molar-refractivity contribution in [2.45, 2.75) is 49.9 Å². The van der Waals surface area contributed by atoms with Crippen molar-refractivity contribution < 1.29 is 32.2 Å². The van der Waals surface area contributed by atoms with Crippen LogP contribution in [0.15, 0.2) is 22.6 Å². The summed E-state index contributed by atoms with van der Waals surface area (Å²) in [6.07, 6.45) is -1.33. The highest BCUT2D eigenvalue weighted by Crippen LogP contribution is 2.37. The fraction of sp³-hybridized carbons (Fsp3) is 0.500. The van der Waals surface area contributed by atoms with E-state index in [4.69, 9.17) is 36.4 Å². The van der Waals surface area contributed by atoms with E-state index in [2.05, 4.69) is 15.5 Å². The molecule has 30 heavy (non-hydrogen) atoms. The number of carboxylic acid groups (broad SMARTS) is 1. The van der Waals surface area contributed by atoms with E-state index in [1.807, 2.05) is 12.1 Å². The predicted molar refractivity (Wildman–Crippen MR) is 100 cm³/mol. The summed E-state index contributed by atoms with van der Waals surface area (Å²) in [5.74, 6) is -0.472. The fourth-order valence-electron chi connectivity index (χ4n) is 3.19. The van der Waals surface area contributed by atoms with Crippen molar-refractivity contribution in [3.8, 4) is 5.75 Å². The van der Waals surface area contributed by atoms with Gasteiger partial charge in [-0.05, 0) is 43.9 Å². The molecule has 1 atom stereocenters. The lowest BCUT2D eigenvalue weighted by Crippen LogP contribution is -2.25. The zero-order valence-electron chi connectivity index (χ0n) is 15.7. The zero-order valence-corrected chi connectivity index (χ0v) is 16.4. The van der Waals surface area contributed by atoms with Gasteiger partial charge in [0.1, 0.15) is 5.75 Å². The highest BCUT2D eigenvalue weighted by atomic mass is 35.5. The van der Waals surface area contributed by atoms with Crippen molar-refractivity contribution in [3.63, 3.8) is 0 Å². The van der Waals surface area contributed by atoms with E-state index in [0.29, 0.717) is 35.3 Å². The van der Waals surface area contributed by atoms with Crippen molar-refractivity contribution in [2.75, 3.05) is 11.9 Å². The second-order valence-electron chi connectivity index (χ2n) is 7.02. The van der Waals surface area contributed by atoms with Crippen LogP contribution in [0.3, 0.4) is 0 Å². The van der Waals surface area contributed by atoms with Gasteiger partial charge in [-0.25, -0.2) is 4.79 Å². The topological polar surface area (TPSA) is 124 Å². The van der Waals surface area contributed by atoms with Crippen LogP contribution in [0.2, 0.25) is 5.02 Å². The van der Waals surface area contributed by atoms with Gasteiger partial charge in [0, 0.05) is 17.0 Å². The molecule has 1 aromatic carbocycles. The molecule has 12 heteroatoms. The number of nitrogens with two attached hydrogens (primary N) is 1. The number of halogens is 4. The van der Waals surface area contributed by atoms with Crippen LogP contribution >= 0.6 is 11.6 Å². The maximum atomic E-state index is 10.6. The molecule has 0 saturated heterocycles. The van der Waals surface area contributed by atoms with Gasteiger partial charge in [0.25, 0.3) is 5.89 Å². The molecule has 0 bridgehead atoms. The van der Waals surface area contributed by atoms with Gasteiger partial charge in [0.2, 0.25) is 5.89 Å². The lowest BCUT2D eigenvalue weighted by molar-refractivity contribution is -0.192. The molecule has 1 fully saturated rings. The number of hydrogen-bond donors (Lipinski definition) is 3. The Morgan fingerprint density at radius 1 is 1.20 bits per heavy atom. The van der Waals surface area contributed by atoms with E-state index in [1.54, 1.807) is 6.07 Å². The summed E-state index contributed by atoms with van der Waals surface area (Å²) in [7, 11) is 0. The Kier molecular flexibility index (Phi) is 6.71. The number of ether oxygens (including phenoxy) is 1. The van der Waals surface area contributed by atoms with E-state index in [-0.39, 0.29) is 6.10 Å². The van der Waals surface area contributed by atoms with Gasteiger partial charge in [-0.3, -0.25) is 0 Å². The Balaban J connectivity index is 0.000000318. The van der Waals surface area contributed by atoms with E-state index in [0.717, 1.165) is 37.1 Å². The third-order valence-electron chi connectivity index (χ3n) is 4.78. The number of rotatable bonds is 2. The minimum atomic E-state index is -5.08. The number of fused-ring (bicyclic) bond motifs is 1. The molecule has 2 aliphatic rings. The number of alkyl halides is 3. The Bertz CT molecular complexity index is 885. The summed E-state index contributed by atoms with van der Waals surface area (Å²) in [6.45, 7) is 0.574. The molecule has 4 rings (SSSR count). The third kappa shape index (κ3) is 5.54. The molecule has 2 aromatic rings. The summed E-state index contributed by atoms with van der Waals surface area (Å²) in [5, 5.41) is 19.5. The van der Waals surface area contributed by atoms with E-state index < -0.39 is 12.1 Å². The molecule has 1 aliphatic heterocycles. The molecule has 4 N–H and O–H groups in total. The van der Waals surface area contributed by atoms with Crippen molar-refractivity contribution in [3.05, 3.63) is 35.0 Å². The fourth-order valence-corrected chi connectivity index (χ4v) is 3.36. The van der Waals surface area contributed by atoms with Crippen LogP contribution in [0.1, 0.15) is 49.5 Å². The number of aliphatic carboxylic acids is 1. The summed E-state index contributed by atoms with van der Waals surface area (Å²) >= 11 is 5.98. The first-order valence-electron chi connectivity index (χ1n) is 9.22. The molecule has 0 amide bonds. The Labute approximate surface area is 174 Å². The number of benzene rings is 1. The number of anilines is 1. The summed E-state index contributed by atoms with van der Waals surface area (Å²) in [6, 6.07) is 5.80. The first-order valence-corrected chi connectivity index (χ1v) is 9.60. The number of carbonyl (C=O) groups is 1. The second kappa shape index (κ2) is 9.09. The molecule has 1 aliphatic carbocycles. The maximum absolute atomic E-state index is 10.6. The smallest absolute Gasteiger partial charge is 0.477 e. The molecular weight excluding hydrogens is 429 g/mol. The molecule has 1 saturated carbocycles. The predicted octanol–water partition coefficient (Wildman–Crippen LogP) is 3.89. The molecule has 0 spiro atoms. The molecule has 2 heterocycles. The zero-order chi connectivity index (χ0) is 21.9. The average Bonchev–Trinajstić information content (AvgIpc) is 3.18. The minimum Gasteiger partial charge on any atom is -0.477 e. The highest BCUT2D eigenvalue weighted by Gasteiger charge is 2.38. The van der Waals surface area contributed by atoms with Crippen LogP contribution in [0.25, 0.3) is 0 Å². The van der Waals surface area contributed by atoms with E-state index >= 15 is 0 Å². The Hall–Kier alpha value is -2.53. The van der Waals surface area contributed by atoms with Gasteiger partial charge < -0.3 is 25.3 Å². The lowest BCUT2D eigenvalue weighted by Gasteiger charge is -2.25. The van der Waals surface area contributed by atoms with Crippen LogP contribution in [-0.2, 0) is 4.79 Å². The van der Waals surface area contributed by atoms with Crippen molar-refractivity contribution in [1.29, 1.82) is 0 Å². The van der Waals surface area contributed by atoms with Crippen LogP contribution < -0.4 is 15.8 Å². The van der Waals surface area contributed by atoms with Gasteiger partial charge in [0.05, 0.1) is 12.2 Å². The summed E-state index contributed by atoms with van der Waals surface area (Å²) in [4.78, 5) is 8.90. The van der Waals surface area contributed by atoms with Gasteiger partial charge in [0.15, 0.2) is 6.10 Å². The second-order valence-corrected chi connectivity index (χ2v) is 7.46. The van der Waals surface area contributed by atoms with Crippen LogP contribution in [0.5, 0.6) is 5.75 Å². The summed E-state index contributed by atoms with van der Waals surface area (Å²) in [5.41, 5.74) is 6.83. The first-order chi connectivity index (χ1) is 14.1. The van der Waals surface area contributed by atoms with Crippen LogP contribution in [0.4, 0.5) is 18.9 Å². The van der Waals surface area contributed by atoms with Crippen molar-refractivity contribution in [2.24, 2.45) is 5.73 Å². The molecule has 164 valence electrons. The molecule has 1 unspecified atom stereocenters. The average molecular weight is 449 g/mol. The Morgan fingerprint density at radius 3 is 2.47 bits per heavy atom. The molecule has 8 nitrogen and oxygen atoms in total. The number of nitrogens with zero attached hydrogens (tertiary/aromatic N) is 2. The number of hydrogen-bond acceptors (Lipinski definition) is 7. The molecular formula is C18H20ClF3N4O4.